The number of aromatic nitrogens is 2. The van der Waals surface area contributed by atoms with Gasteiger partial charge in [0.15, 0.2) is 6.10 Å². The summed E-state index contributed by atoms with van der Waals surface area (Å²) in [5, 5.41) is 5.86. The molecule has 0 bridgehead atoms. The number of halogens is 2. The number of fused-ring (bicyclic) bond motifs is 2. The minimum absolute atomic E-state index is 0.117. The predicted octanol–water partition coefficient (Wildman–Crippen LogP) is 3.72. The molecule has 37 heavy (non-hydrogen) atoms. The number of hydrogen-bond donors (Lipinski definition) is 2. The van der Waals surface area contributed by atoms with Crippen LogP contribution in [0.1, 0.15) is 49.8 Å². The zero-order valence-corrected chi connectivity index (χ0v) is 21.5. The minimum Gasteiger partial charge on any atom is -0.380 e. The van der Waals surface area contributed by atoms with E-state index in [2.05, 4.69) is 29.5 Å². The second-order valence-corrected chi connectivity index (χ2v) is 11.7. The van der Waals surface area contributed by atoms with Crippen LogP contribution < -0.4 is 16.3 Å². The molecule has 2 saturated heterocycles. The number of alkyl halides is 2. The van der Waals surface area contributed by atoms with Crippen molar-refractivity contribution in [3.05, 3.63) is 52.1 Å². The van der Waals surface area contributed by atoms with Gasteiger partial charge >= 0.3 is 19.4 Å². The predicted molar refractivity (Wildman–Crippen MR) is 128 cm³/mol. The van der Waals surface area contributed by atoms with Gasteiger partial charge in [0.2, 0.25) is 6.23 Å². The Morgan fingerprint density at radius 3 is 2.78 bits per heavy atom. The van der Waals surface area contributed by atoms with Crippen LogP contribution in [0.5, 0.6) is 0 Å². The summed E-state index contributed by atoms with van der Waals surface area (Å²) in [7, 11) is -4.23. The summed E-state index contributed by atoms with van der Waals surface area (Å²) in [6.45, 7) is 6.74. The Labute approximate surface area is 211 Å². The molecular weight excluding hydrogens is 513 g/mol. The smallest absolute Gasteiger partial charge is 0.380 e. The van der Waals surface area contributed by atoms with Crippen molar-refractivity contribution in [1.29, 1.82) is 0 Å². The van der Waals surface area contributed by atoms with Crippen LogP contribution in [0.2, 0.25) is 0 Å². The molecule has 200 valence electrons. The number of carbonyl (C=O) groups is 1. The maximum absolute atomic E-state index is 15.2. The van der Waals surface area contributed by atoms with Gasteiger partial charge in [-0.2, -0.15) is 13.8 Å². The summed E-state index contributed by atoms with van der Waals surface area (Å²) in [6.07, 6.45) is -4.07. The SMILES string of the molecule is CC(C)OP1(=O)OC[C@H]2OC(n3ccc(NC(=O)c4ccc5c(c4)NC(C)(C)C5)nc3=O)C(F)(F)[C@@H]2O1. The fraction of sp³-hybridized carbons (Fsp3) is 0.522. The molecule has 3 aliphatic rings. The number of carbonyl (C=O) groups excluding carboxylic acids is 1. The fourth-order valence-electron chi connectivity index (χ4n) is 4.60. The molecule has 0 radical (unpaired) electrons. The Kier molecular flexibility index (Phi) is 6.27. The first-order chi connectivity index (χ1) is 17.3. The van der Waals surface area contributed by atoms with Crippen LogP contribution in [0.15, 0.2) is 35.3 Å². The molecule has 2 N–H and O–H groups in total. The molecule has 2 fully saturated rings. The lowest BCUT2D eigenvalue weighted by molar-refractivity contribution is -0.139. The first kappa shape index (κ1) is 25.9. The average Bonchev–Trinajstić information content (AvgIpc) is 3.23. The Bertz CT molecular complexity index is 1350. The first-order valence-corrected chi connectivity index (χ1v) is 13.2. The largest absolute Gasteiger partial charge is 0.475 e. The molecule has 11 nitrogen and oxygen atoms in total. The van der Waals surface area contributed by atoms with Crippen LogP contribution in [0, 0.1) is 0 Å². The van der Waals surface area contributed by atoms with Crippen LogP contribution >= 0.6 is 7.82 Å². The molecule has 5 rings (SSSR count). The quantitative estimate of drug-likeness (QED) is 0.545. The van der Waals surface area contributed by atoms with Gasteiger partial charge in [0.25, 0.3) is 5.91 Å². The summed E-state index contributed by atoms with van der Waals surface area (Å²) >= 11 is 0. The molecule has 2 unspecified atom stereocenters. The highest BCUT2D eigenvalue weighted by atomic mass is 31.2. The number of rotatable bonds is 5. The molecule has 0 saturated carbocycles. The number of phosphoric ester groups is 1. The van der Waals surface area contributed by atoms with E-state index in [1.165, 1.54) is 6.07 Å². The number of nitrogens with zero attached hydrogens (tertiary/aromatic N) is 2. The second kappa shape index (κ2) is 8.95. The van der Waals surface area contributed by atoms with Gasteiger partial charge in [0.05, 0.1) is 12.7 Å². The van der Waals surface area contributed by atoms with E-state index in [9.17, 15) is 14.2 Å². The van der Waals surface area contributed by atoms with Crippen molar-refractivity contribution >= 4 is 25.2 Å². The molecule has 2 aromatic rings. The molecular formula is C23H27F2N4O7P. The highest BCUT2D eigenvalue weighted by Crippen LogP contribution is 2.60. The van der Waals surface area contributed by atoms with E-state index >= 15 is 8.78 Å². The molecule has 1 aromatic carbocycles. The Hall–Kier alpha value is -2.70. The second-order valence-electron chi connectivity index (χ2n) is 10.1. The van der Waals surface area contributed by atoms with Crippen molar-refractivity contribution in [3.63, 3.8) is 0 Å². The first-order valence-electron chi connectivity index (χ1n) is 11.7. The maximum Gasteiger partial charge on any atom is 0.475 e. The summed E-state index contributed by atoms with van der Waals surface area (Å²) in [5.74, 6) is -4.39. The van der Waals surface area contributed by atoms with Crippen molar-refractivity contribution in [1.82, 2.24) is 9.55 Å². The van der Waals surface area contributed by atoms with Gasteiger partial charge in [-0.15, -0.1) is 0 Å². The van der Waals surface area contributed by atoms with Crippen molar-refractivity contribution in [2.24, 2.45) is 0 Å². The Morgan fingerprint density at radius 1 is 1.32 bits per heavy atom. The molecule has 4 atom stereocenters. The number of anilines is 2. The van der Waals surface area contributed by atoms with E-state index in [4.69, 9.17) is 18.3 Å². The molecule has 14 heteroatoms. The van der Waals surface area contributed by atoms with Gasteiger partial charge in [0, 0.05) is 23.0 Å². The normalized spacial score (nSPS) is 29.4. The highest BCUT2D eigenvalue weighted by molar-refractivity contribution is 7.48. The number of hydrogen-bond acceptors (Lipinski definition) is 9. The van der Waals surface area contributed by atoms with Gasteiger partial charge in [-0.05, 0) is 57.9 Å². The fourth-order valence-corrected chi connectivity index (χ4v) is 6.17. The summed E-state index contributed by atoms with van der Waals surface area (Å²) in [6, 6.07) is 6.43. The third-order valence-corrected chi connectivity index (χ3v) is 7.76. The maximum atomic E-state index is 15.2. The van der Waals surface area contributed by atoms with E-state index in [0.29, 0.717) is 10.1 Å². The van der Waals surface area contributed by atoms with Gasteiger partial charge in [-0.3, -0.25) is 22.9 Å². The van der Waals surface area contributed by atoms with E-state index in [0.717, 1.165) is 23.9 Å². The van der Waals surface area contributed by atoms with Gasteiger partial charge in [0.1, 0.15) is 11.9 Å². The third kappa shape index (κ3) is 4.94. The molecule has 1 amide bonds. The monoisotopic (exact) mass is 540 g/mol. The minimum atomic E-state index is -4.23. The lowest BCUT2D eigenvalue weighted by atomic mass is 10.00. The standard InChI is InChI=1S/C23H27F2N4O7P/c1-12(2)35-37(32)33-11-16-18(36-37)23(24,25)20(34-16)29-8-7-17(27-21(29)31)26-19(30)13-5-6-14-10-22(3,4)28-15(14)9-13/h5-9,12,16,18,20,28H,10-11H2,1-4H3,(H,26,27,30,31)/t16-,18-,20?,37?/m1/s1. The van der Waals surface area contributed by atoms with E-state index in [-0.39, 0.29) is 11.4 Å². The Morgan fingerprint density at radius 2 is 2.08 bits per heavy atom. The number of ether oxygens (including phenoxy) is 1. The zero-order chi connectivity index (χ0) is 26.8. The van der Waals surface area contributed by atoms with Crippen molar-refractivity contribution in [2.75, 3.05) is 17.2 Å². The van der Waals surface area contributed by atoms with Crippen LogP contribution in [0.3, 0.4) is 0 Å². The van der Waals surface area contributed by atoms with Crippen molar-refractivity contribution in [2.45, 2.75) is 70.1 Å². The summed E-state index contributed by atoms with van der Waals surface area (Å²) < 4.78 is 64.1. The molecule has 4 heterocycles. The van der Waals surface area contributed by atoms with Crippen LogP contribution in [-0.2, 0) is 29.3 Å². The lowest BCUT2D eigenvalue weighted by Gasteiger charge is -2.32. The van der Waals surface area contributed by atoms with E-state index in [1.807, 2.05) is 6.07 Å². The van der Waals surface area contributed by atoms with Gasteiger partial charge in [-0.25, -0.2) is 9.36 Å². The van der Waals surface area contributed by atoms with Gasteiger partial charge < -0.3 is 15.4 Å². The van der Waals surface area contributed by atoms with Crippen molar-refractivity contribution in [3.8, 4) is 0 Å². The zero-order valence-electron chi connectivity index (χ0n) is 20.6. The number of amides is 1. The molecule has 0 spiro atoms. The van der Waals surface area contributed by atoms with Crippen LogP contribution in [0.25, 0.3) is 0 Å². The average molecular weight is 540 g/mol. The lowest BCUT2D eigenvalue weighted by Crippen LogP contribution is -2.45. The molecule has 0 aliphatic carbocycles. The summed E-state index contributed by atoms with van der Waals surface area (Å²) in [5.41, 5.74) is 1.07. The van der Waals surface area contributed by atoms with Crippen LogP contribution in [0.4, 0.5) is 20.3 Å². The topological polar surface area (TPSA) is 130 Å². The number of benzene rings is 1. The Balaban J connectivity index is 1.32. The number of phosphoric acid groups is 1. The molecule has 1 aromatic heterocycles. The van der Waals surface area contributed by atoms with Crippen LogP contribution in [-0.4, -0.2) is 51.8 Å². The number of nitrogens with one attached hydrogen (secondary N) is 2. The highest BCUT2D eigenvalue weighted by Gasteiger charge is 2.65. The third-order valence-electron chi connectivity index (χ3n) is 6.13. The van der Waals surface area contributed by atoms with Gasteiger partial charge in [-0.1, -0.05) is 6.07 Å². The summed E-state index contributed by atoms with van der Waals surface area (Å²) in [4.78, 5) is 29.1. The van der Waals surface area contributed by atoms with E-state index < -0.39 is 56.5 Å². The van der Waals surface area contributed by atoms with E-state index in [1.54, 1.807) is 26.0 Å². The van der Waals surface area contributed by atoms with Crippen molar-refractivity contribution < 1.29 is 36.4 Å². The molecule has 3 aliphatic heterocycles.